The van der Waals surface area contributed by atoms with Crippen molar-refractivity contribution in [3.05, 3.63) is 35.8 Å². The lowest BCUT2D eigenvalue weighted by molar-refractivity contribution is 0.0660. The molecule has 0 bridgehead atoms. The number of aromatic amines is 1. The molecule has 2 amide bonds. The smallest absolute Gasteiger partial charge is 0.371 e. The Morgan fingerprint density at radius 2 is 2.30 bits per heavy atom. The van der Waals surface area contributed by atoms with Crippen molar-refractivity contribution in [2.75, 3.05) is 7.05 Å². The molecular weight excluding hydrogens is 266 g/mol. The molecule has 0 radical (unpaired) electrons. The Morgan fingerprint density at radius 1 is 1.50 bits per heavy atom. The third-order valence-electron chi connectivity index (χ3n) is 2.48. The van der Waals surface area contributed by atoms with Crippen LogP contribution in [0.15, 0.2) is 22.9 Å². The highest BCUT2D eigenvalue weighted by atomic mass is 16.4. The molecule has 2 heterocycles. The summed E-state index contributed by atoms with van der Waals surface area (Å²) in [7, 11) is 1.60. The predicted molar refractivity (Wildman–Crippen MR) is 65.8 cm³/mol. The van der Waals surface area contributed by atoms with Crippen molar-refractivity contribution < 1.29 is 19.1 Å². The molecule has 0 saturated heterocycles. The topological polar surface area (TPSA) is 124 Å². The van der Waals surface area contributed by atoms with Gasteiger partial charge < -0.3 is 19.7 Å². The van der Waals surface area contributed by atoms with Crippen LogP contribution in [0.2, 0.25) is 0 Å². The molecule has 2 aromatic rings. The van der Waals surface area contributed by atoms with Gasteiger partial charge in [-0.15, -0.1) is 0 Å². The number of hydrogen-bond donors (Lipinski definition) is 3. The zero-order chi connectivity index (χ0) is 14.5. The van der Waals surface area contributed by atoms with Crippen molar-refractivity contribution >= 4 is 12.0 Å². The van der Waals surface area contributed by atoms with Crippen molar-refractivity contribution in [2.24, 2.45) is 0 Å². The Hall–Kier alpha value is -2.84. The van der Waals surface area contributed by atoms with Gasteiger partial charge in [0, 0.05) is 7.05 Å². The second-order valence-corrected chi connectivity index (χ2v) is 4.02. The van der Waals surface area contributed by atoms with Crippen molar-refractivity contribution in [3.8, 4) is 0 Å². The van der Waals surface area contributed by atoms with Crippen LogP contribution in [0.3, 0.4) is 0 Å². The number of aromatic nitrogens is 3. The second-order valence-electron chi connectivity index (χ2n) is 4.02. The Bertz CT molecular complexity index is 592. The number of carboxylic acids is 1. The summed E-state index contributed by atoms with van der Waals surface area (Å²) in [4.78, 5) is 27.7. The number of hydrogen-bond acceptors (Lipinski definition) is 5. The Morgan fingerprint density at radius 3 is 2.90 bits per heavy atom. The maximum absolute atomic E-state index is 11.8. The number of carbonyl (C=O) groups excluding carboxylic acids is 1. The molecule has 9 nitrogen and oxygen atoms in total. The summed E-state index contributed by atoms with van der Waals surface area (Å²) in [6.07, 6.45) is 1.36. The van der Waals surface area contributed by atoms with E-state index in [1.807, 2.05) is 0 Å². The van der Waals surface area contributed by atoms with Crippen LogP contribution in [0.1, 0.15) is 22.1 Å². The summed E-state index contributed by atoms with van der Waals surface area (Å²) in [6, 6.07) is 2.50. The maximum Gasteiger partial charge on any atom is 0.371 e. The van der Waals surface area contributed by atoms with E-state index >= 15 is 0 Å². The lowest BCUT2D eigenvalue weighted by Crippen LogP contribution is -2.36. The fourth-order valence-electron chi connectivity index (χ4n) is 1.49. The molecule has 0 saturated carbocycles. The number of rotatable bonds is 5. The van der Waals surface area contributed by atoms with E-state index in [1.54, 1.807) is 7.05 Å². The van der Waals surface area contributed by atoms with Gasteiger partial charge in [0.15, 0.2) is 0 Å². The summed E-state index contributed by atoms with van der Waals surface area (Å²) in [6.45, 7) is 0.386. The molecule has 0 aliphatic heterocycles. The fourth-order valence-corrected chi connectivity index (χ4v) is 1.49. The first kappa shape index (κ1) is 13.6. The van der Waals surface area contributed by atoms with Crippen LogP contribution < -0.4 is 5.32 Å². The Labute approximate surface area is 113 Å². The number of amides is 2. The molecule has 0 spiro atoms. The van der Waals surface area contributed by atoms with Crippen molar-refractivity contribution in [3.63, 3.8) is 0 Å². The average Bonchev–Trinajstić information content (AvgIpc) is 3.06. The second kappa shape index (κ2) is 5.87. The molecule has 0 aromatic carbocycles. The summed E-state index contributed by atoms with van der Waals surface area (Å²) in [5.74, 6) is -0.382. The van der Waals surface area contributed by atoms with Gasteiger partial charge in [-0.25, -0.2) is 14.6 Å². The van der Waals surface area contributed by atoms with Gasteiger partial charge in [-0.2, -0.15) is 5.10 Å². The van der Waals surface area contributed by atoms with Crippen LogP contribution in [0.4, 0.5) is 4.79 Å². The number of nitrogens with zero attached hydrogens (tertiary/aromatic N) is 3. The van der Waals surface area contributed by atoms with Crippen molar-refractivity contribution in [1.29, 1.82) is 0 Å². The monoisotopic (exact) mass is 279 g/mol. The van der Waals surface area contributed by atoms with Crippen molar-refractivity contribution in [1.82, 2.24) is 25.4 Å². The first-order valence-corrected chi connectivity index (χ1v) is 5.71. The lowest BCUT2D eigenvalue weighted by Gasteiger charge is -2.15. The van der Waals surface area contributed by atoms with Gasteiger partial charge in [0.1, 0.15) is 17.9 Å². The molecule has 3 N–H and O–H groups in total. The van der Waals surface area contributed by atoms with E-state index in [1.165, 1.54) is 23.4 Å². The van der Waals surface area contributed by atoms with Crippen LogP contribution in [0.5, 0.6) is 0 Å². The van der Waals surface area contributed by atoms with Crippen LogP contribution in [0, 0.1) is 0 Å². The van der Waals surface area contributed by atoms with E-state index in [4.69, 9.17) is 9.52 Å². The van der Waals surface area contributed by atoms with Crippen molar-refractivity contribution in [2.45, 2.75) is 13.1 Å². The third-order valence-corrected chi connectivity index (χ3v) is 2.48. The largest absolute Gasteiger partial charge is 0.475 e. The van der Waals surface area contributed by atoms with Gasteiger partial charge in [-0.1, -0.05) is 0 Å². The molecule has 2 aromatic heterocycles. The maximum atomic E-state index is 11.8. The Balaban J connectivity index is 1.83. The van der Waals surface area contributed by atoms with Gasteiger partial charge in [0.25, 0.3) is 0 Å². The Kier molecular flexibility index (Phi) is 3.99. The van der Waals surface area contributed by atoms with E-state index in [9.17, 15) is 9.59 Å². The zero-order valence-corrected chi connectivity index (χ0v) is 10.7. The van der Waals surface area contributed by atoms with E-state index < -0.39 is 5.97 Å². The molecule has 2 rings (SSSR count). The van der Waals surface area contributed by atoms with E-state index in [2.05, 4.69) is 20.5 Å². The SMILES string of the molecule is CN(Cc1ncn[nH]1)C(=O)NCc1ccc(C(=O)O)o1. The van der Waals surface area contributed by atoms with Gasteiger partial charge >= 0.3 is 12.0 Å². The van der Waals surface area contributed by atoms with E-state index in [-0.39, 0.29) is 24.9 Å². The van der Waals surface area contributed by atoms with Gasteiger partial charge in [0.05, 0.1) is 13.1 Å². The standard InChI is InChI=1S/C11H13N5O4/c1-16(5-9-13-6-14-15-9)11(19)12-4-7-2-3-8(20-7)10(17)18/h2-3,6H,4-5H2,1H3,(H,12,19)(H,17,18)(H,13,14,15). The molecule has 0 aliphatic carbocycles. The van der Waals surface area contributed by atoms with Gasteiger partial charge in [-0.05, 0) is 12.1 Å². The molecule has 0 aliphatic rings. The predicted octanol–water partition coefficient (Wildman–Crippen LogP) is 0.437. The van der Waals surface area contributed by atoms with E-state index in [0.29, 0.717) is 11.6 Å². The number of urea groups is 1. The number of furan rings is 1. The van der Waals surface area contributed by atoms with Gasteiger partial charge in [0.2, 0.25) is 5.76 Å². The summed E-state index contributed by atoms with van der Waals surface area (Å²) in [5.41, 5.74) is 0. The molecule has 20 heavy (non-hydrogen) atoms. The minimum atomic E-state index is -1.15. The highest BCUT2D eigenvalue weighted by Crippen LogP contribution is 2.07. The highest BCUT2D eigenvalue weighted by Gasteiger charge is 2.12. The normalized spacial score (nSPS) is 10.2. The first-order valence-electron chi connectivity index (χ1n) is 5.71. The molecule has 0 atom stereocenters. The number of H-pyrrole nitrogens is 1. The molecule has 0 fully saturated rings. The van der Waals surface area contributed by atoms with Crippen LogP contribution in [-0.4, -0.2) is 44.2 Å². The molecule has 9 heteroatoms. The van der Waals surface area contributed by atoms with E-state index in [0.717, 1.165) is 0 Å². The van der Waals surface area contributed by atoms with Crippen LogP contribution >= 0.6 is 0 Å². The number of aromatic carboxylic acids is 1. The summed E-state index contributed by atoms with van der Waals surface area (Å²) < 4.78 is 5.02. The zero-order valence-electron chi connectivity index (χ0n) is 10.7. The number of nitrogens with one attached hydrogen (secondary N) is 2. The molecule has 106 valence electrons. The highest BCUT2D eigenvalue weighted by molar-refractivity contribution is 5.84. The number of carbonyl (C=O) groups is 2. The number of carboxylic acid groups (broad SMARTS) is 1. The molecule has 0 unspecified atom stereocenters. The average molecular weight is 279 g/mol. The van der Waals surface area contributed by atoms with Crippen LogP contribution in [0.25, 0.3) is 0 Å². The summed E-state index contributed by atoms with van der Waals surface area (Å²) in [5, 5.41) is 17.6. The summed E-state index contributed by atoms with van der Waals surface area (Å²) >= 11 is 0. The fraction of sp³-hybridized carbons (Fsp3) is 0.273. The lowest BCUT2D eigenvalue weighted by atomic mass is 10.4. The minimum absolute atomic E-state index is 0.104. The first-order chi connectivity index (χ1) is 9.56. The third kappa shape index (κ3) is 3.34. The quantitative estimate of drug-likeness (QED) is 0.729. The van der Waals surface area contributed by atoms with Gasteiger partial charge in [-0.3, -0.25) is 5.10 Å². The minimum Gasteiger partial charge on any atom is -0.475 e. The molecular formula is C11H13N5O4. The van der Waals surface area contributed by atoms with Crippen LogP contribution in [-0.2, 0) is 13.1 Å².